The second kappa shape index (κ2) is 13.1. The lowest BCUT2D eigenvalue weighted by Crippen LogP contribution is -2.10. The number of alkyl halides is 1. The number of carbonyl (C=O) groups is 3. The zero-order valence-corrected chi connectivity index (χ0v) is 19.5. The van der Waals surface area contributed by atoms with E-state index in [9.17, 15) is 14.7 Å². The van der Waals surface area contributed by atoms with Crippen LogP contribution in [0.2, 0.25) is 0 Å². The molecule has 0 radical (unpaired) electrons. The van der Waals surface area contributed by atoms with Gasteiger partial charge in [0.2, 0.25) is 5.78 Å². The number of aromatic nitrogens is 1. The van der Waals surface area contributed by atoms with E-state index in [1.165, 1.54) is 26.5 Å². The Labute approximate surface area is 201 Å². The van der Waals surface area contributed by atoms with E-state index in [-0.39, 0.29) is 17.0 Å². The number of ether oxygens (including phenoxy) is 4. The van der Waals surface area contributed by atoms with Crippen LogP contribution in [0.15, 0.2) is 42.6 Å². The Morgan fingerprint density at radius 3 is 2.29 bits per heavy atom. The maximum absolute atomic E-state index is 13.3. The van der Waals surface area contributed by atoms with Gasteiger partial charge in [-0.2, -0.15) is 0 Å². The first-order valence-corrected chi connectivity index (χ1v) is 10.5. The molecule has 0 saturated carbocycles. The summed E-state index contributed by atoms with van der Waals surface area (Å²) in [5.41, 5.74) is 0.385. The van der Waals surface area contributed by atoms with Crippen LogP contribution in [-0.2, 0) is 9.53 Å². The fraction of sp³-hybridized carbons (Fsp3) is 0.250. The lowest BCUT2D eigenvalue weighted by Gasteiger charge is -2.13. The molecule has 180 valence electrons. The average Bonchev–Trinajstić information content (AvgIpc) is 2.87. The topological polar surface area (TPSA) is 121 Å². The van der Waals surface area contributed by atoms with E-state index < -0.39 is 5.97 Å². The third-order valence-corrected chi connectivity index (χ3v) is 4.81. The lowest BCUT2D eigenvalue weighted by molar-refractivity contribution is -0.0980. The molecule has 0 bridgehead atoms. The summed E-state index contributed by atoms with van der Waals surface area (Å²) < 4.78 is 21.5. The average molecular weight is 490 g/mol. The summed E-state index contributed by atoms with van der Waals surface area (Å²) in [5, 5.41) is 10.2. The highest BCUT2D eigenvalue weighted by Crippen LogP contribution is 2.35. The molecule has 1 heterocycles. The maximum Gasteiger partial charge on any atom is 0.337 e. The molecule has 1 N–H and O–H groups in total. The number of carboxylic acid groups (broad SMARTS) is 1. The summed E-state index contributed by atoms with van der Waals surface area (Å²) in [5.74, 6) is 0.0493. The van der Waals surface area contributed by atoms with E-state index >= 15 is 0 Å². The van der Waals surface area contributed by atoms with Gasteiger partial charge in [-0.25, -0.2) is 4.79 Å². The van der Waals surface area contributed by atoms with Gasteiger partial charge in [0.1, 0.15) is 24.8 Å². The minimum absolute atomic E-state index is 0.0495. The van der Waals surface area contributed by atoms with Gasteiger partial charge in [-0.1, -0.05) is 12.1 Å². The van der Waals surface area contributed by atoms with Gasteiger partial charge in [0.15, 0.2) is 11.5 Å². The van der Waals surface area contributed by atoms with Gasteiger partial charge in [0, 0.05) is 28.4 Å². The van der Waals surface area contributed by atoms with Crippen LogP contribution >= 0.6 is 11.6 Å². The Hall–Kier alpha value is -3.69. The highest BCUT2D eigenvalue weighted by Gasteiger charge is 2.21. The van der Waals surface area contributed by atoms with Crippen molar-refractivity contribution in [3.8, 4) is 17.2 Å². The van der Waals surface area contributed by atoms with Crippen molar-refractivity contribution >= 4 is 40.9 Å². The molecule has 0 aliphatic heterocycles. The Balaban J connectivity index is 0.00000199. The first-order chi connectivity index (χ1) is 16.5. The van der Waals surface area contributed by atoms with Gasteiger partial charge in [0.05, 0.1) is 33.0 Å². The van der Waals surface area contributed by atoms with Crippen molar-refractivity contribution in [3.63, 3.8) is 0 Å². The third kappa shape index (κ3) is 6.21. The number of pyridine rings is 1. The first kappa shape index (κ1) is 26.6. The molecule has 0 atom stereocenters. The monoisotopic (exact) mass is 489 g/mol. The maximum atomic E-state index is 13.3. The summed E-state index contributed by atoms with van der Waals surface area (Å²) in [6.45, 7) is 3.11. The van der Waals surface area contributed by atoms with Crippen LogP contribution < -0.4 is 14.2 Å². The summed E-state index contributed by atoms with van der Waals surface area (Å²) in [7, 11) is 2.90. The molecule has 2 aromatic carbocycles. The largest absolute Gasteiger partial charge is 0.493 e. The lowest BCUT2D eigenvalue weighted by atomic mass is 9.99. The minimum Gasteiger partial charge on any atom is -0.493 e. The van der Waals surface area contributed by atoms with E-state index in [0.29, 0.717) is 59.3 Å². The standard InChI is InChI=1S/C23H22ClNO7.CH2O/c1-29-19-11-16-17(12-20(19)30-2)21(25-13-18(16)23(27)28)22(26)14-4-3-5-15(10-14)32-9-8-31-7-6-24;1-2/h3-5,10-13H,6-9H2,1-2H3,(H,27,28);1H2. The number of methoxy groups -OCH3 is 2. The predicted molar refractivity (Wildman–Crippen MR) is 126 cm³/mol. The van der Waals surface area contributed by atoms with Gasteiger partial charge in [-0.3, -0.25) is 9.78 Å². The van der Waals surface area contributed by atoms with Crippen LogP contribution in [0.5, 0.6) is 17.2 Å². The number of carbonyl (C=O) groups excluding carboxylic acids is 2. The Kier molecular flexibility index (Phi) is 10.3. The normalized spacial score (nSPS) is 10.2. The predicted octanol–water partition coefficient (Wildman–Crippen LogP) is 3.63. The van der Waals surface area contributed by atoms with Crippen molar-refractivity contribution in [2.24, 2.45) is 0 Å². The van der Waals surface area contributed by atoms with E-state index in [0.717, 1.165) is 0 Å². The molecule has 9 nitrogen and oxygen atoms in total. The number of halogens is 1. The number of carboxylic acids is 1. The fourth-order valence-electron chi connectivity index (χ4n) is 3.16. The Morgan fingerprint density at radius 2 is 1.68 bits per heavy atom. The quantitative estimate of drug-likeness (QED) is 0.244. The number of fused-ring (bicyclic) bond motifs is 1. The van der Waals surface area contributed by atoms with Crippen molar-refractivity contribution in [3.05, 3.63) is 59.4 Å². The molecule has 0 amide bonds. The highest BCUT2D eigenvalue weighted by molar-refractivity contribution is 6.18. The fourth-order valence-corrected chi connectivity index (χ4v) is 3.27. The number of nitrogens with zero attached hydrogens (tertiary/aromatic N) is 1. The van der Waals surface area contributed by atoms with Crippen molar-refractivity contribution in [1.29, 1.82) is 0 Å². The van der Waals surface area contributed by atoms with Crippen molar-refractivity contribution in [1.82, 2.24) is 4.98 Å². The first-order valence-electron chi connectivity index (χ1n) is 9.98. The van der Waals surface area contributed by atoms with Gasteiger partial charge in [0.25, 0.3) is 0 Å². The number of benzene rings is 2. The van der Waals surface area contributed by atoms with Crippen molar-refractivity contribution in [2.75, 3.05) is 39.9 Å². The highest BCUT2D eigenvalue weighted by atomic mass is 35.5. The molecule has 1 aromatic heterocycles. The second-order valence-corrected chi connectivity index (χ2v) is 6.96. The summed E-state index contributed by atoms with van der Waals surface area (Å²) in [6.07, 6.45) is 1.17. The van der Waals surface area contributed by atoms with Crippen LogP contribution in [0.3, 0.4) is 0 Å². The zero-order valence-electron chi connectivity index (χ0n) is 18.7. The van der Waals surface area contributed by atoms with Crippen molar-refractivity contribution < 1.29 is 38.4 Å². The molecule has 0 fully saturated rings. The van der Waals surface area contributed by atoms with Crippen LogP contribution in [-0.4, -0.2) is 68.6 Å². The van der Waals surface area contributed by atoms with Crippen LogP contribution in [0.4, 0.5) is 0 Å². The van der Waals surface area contributed by atoms with Gasteiger partial charge in [-0.05, 0) is 24.3 Å². The van der Waals surface area contributed by atoms with E-state index in [2.05, 4.69) is 4.98 Å². The molecule has 0 unspecified atom stereocenters. The summed E-state index contributed by atoms with van der Waals surface area (Å²) in [6, 6.07) is 9.73. The molecule has 34 heavy (non-hydrogen) atoms. The molecule has 3 rings (SSSR count). The number of aromatic carboxylic acids is 1. The smallest absolute Gasteiger partial charge is 0.337 e. The number of hydrogen-bond acceptors (Lipinski definition) is 8. The van der Waals surface area contributed by atoms with Gasteiger partial charge < -0.3 is 28.8 Å². The Morgan fingerprint density at radius 1 is 1.00 bits per heavy atom. The molecule has 0 aliphatic rings. The number of rotatable bonds is 11. The zero-order chi connectivity index (χ0) is 25.1. The molecule has 0 spiro atoms. The van der Waals surface area contributed by atoms with Gasteiger partial charge in [-0.15, -0.1) is 11.6 Å². The van der Waals surface area contributed by atoms with Gasteiger partial charge >= 0.3 is 5.97 Å². The number of ketones is 1. The Bertz CT molecular complexity index is 1150. The second-order valence-electron chi connectivity index (χ2n) is 6.59. The van der Waals surface area contributed by atoms with Crippen molar-refractivity contribution in [2.45, 2.75) is 0 Å². The SMILES string of the molecule is C=O.COc1cc2c(C(=O)O)cnc(C(=O)c3cccc(OCCOCCCl)c3)c2cc1OC. The summed E-state index contributed by atoms with van der Waals surface area (Å²) in [4.78, 5) is 37.1. The number of hydrogen-bond donors (Lipinski definition) is 1. The third-order valence-electron chi connectivity index (χ3n) is 4.65. The molecular formula is C24H24ClNO8. The summed E-state index contributed by atoms with van der Waals surface area (Å²) >= 11 is 5.56. The van der Waals surface area contributed by atoms with E-state index in [1.807, 2.05) is 6.79 Å². The van der Waals surface area contributed by atoms with E-state index in [1.54, 1.807) is 30.3 Å². The molecular weight excluding hydrogens is 466 g/mol. The molecule has 0 aliphatic carbocycles. The van der Waals surface area contributed by atoms with Crippen LogP contribution in [0.25, 0.3) is 10.8 Å². The van der Waals surface area contributed by atoms with Crippen LogP contribution in [0.1, 0.15) is 26.4 Å². The molecule has 3 aromatic rings. The molecule has 10 heteroatoms. The molecule has 0 saturated heterocycles. The van der Waals surface area contributed by atoms with Crippen LogP contribution in [0, 0.1) is 0 Å². The van der Waals surface area contributed by atoms with E-state index in [4.69, 9.17) is 35.3 Å². The minimum atomic E-state index is -1.17.